The summed E-state index contributed by atoms with van der Waals surface area (Å²) in [5, 5.41) is 17.9. The van der Waals surface area contributed by atoms with Crippen LogP contribution in [0.15, 0.2) is 0 Å². The smallest absolute Gasteiger partial charge is 0.317 e. The zero-order chi connectivity index (χ0) is 14.8. The second-order valence-electron chi connectivity index (χ2n) is 4.83. The van der Waals surface area contributed by atoms with Gasteiger partial charge in [-0.15, -0.1) is 0 Å². The molecule has 0 aromatic heterocycles. The first-order valence-corrected chi connectivity index (χ1v) is 6.76. The maximum absolute atomic E-state index is 11.4. The van der Waals surface area contributed by atoms with E-state index in [0.29, 0.717) is 12.8 Å². The average Bonchev–Trinajstić information content (AvgIpc) is 2.44. The highest BCUT2D eigenvalue weighted by molar-refractivity contribution is 5.91. The SMILES string of the molecule is N#CC1CCCCCC(C#N)COC(=O)CC(=O)OC1. The van der Waals surface area contributed by atoms with Crippen molar-refractivity contribution in [1.29, 1.82) is 10.5 Å². The fourth-order valence-electron chi connectivity index (χ4n) is 1.94. The molecule has 108 valence electrons. The number of hydrogen-bond donors (Lipinski definition) is 0. The van der Waals surface area contributed by atoms with Crippen molar-refractivity contribution in [1.82, 2.24) is 0 Å². The summed E-state index contributed by atoms with van der Waals surface area (Å²) in [6.07, 6.45) is 3.45. The predicted octanol–water partition coefficient (Wildman–Crippen LogP) is 1.71. The quantitative estimate of drug-likeness (QED) is 0.494. The van der Waals surface area contributed by atoms with Gasteiger partial charge in [0.2, 0.25) is 0 Å². The lowest BCUT2D eigenvalue weighted by molar-refractivity contribution is -0.155. The van der Waals surface area contributed by atoms with E-state index >= 15 is 0 Å². The van der Waals surface area contributed by atoms with Crippen molar-refractivity contribution in [3.63, 3.8) is 0 Å². The minimum absolute atomic E-state index is 0.0173. The molecular formula is C14H18N2O4. The number of ether oxygens (including phenoxy) is 2. The predicted molar refractivity (Wildman–Crippen MR) is 67.8 cm³/mol. The van der Waals surface area contributed by atoms with E-state index in [9.17, 15) is 9.59 Å². The Morgan fingerprint density at radius 3 is 1.70 bits per heavy atom. The van der Waals surface area contributed by atoms with Gasteiger partial charge in [0.1, 0.15) is 19.6 Å². The summed E-state index contributed by atoms with van der Waals surface area (Å²) < 4.78 is 9.77. The van der Waals surface area contributed by atoms with Gasteiger partial charge in [-0.25, -0.2) is 0 Å². The zero-order valence-corrected chi connectivity index (χ0v) is 11.3. The van der Waals surface area contributed by atoms with Gasteiger partial charge in [0, 0.05) is 0 Å². The van der Waals surface area contributed by atoms with Crippen LogP contribution < -0.4 is 0 Å². The van der Waals surface area contributed by atoms with Crippen LogP contribution in [0.2, 0.25) is 0 Å². The van der Waals surface area contributed by atoms with Gasteiger partial charge in [-0.05, 0) is 12.8 Å². The Balaban J connectivity index is 2.57. The monoisotopic (exact) mass is 278 g/mol. The normalized spacial score (nSPS) is 26.3. The number of hydrogen-bond acceptors (Lipinski definition) is 6. The van der Waals surface area contributed by atoms with Gasteiger partial charge in [-0.2, -0.15) is 10.5 Å². The molecule has 0 saturated carbocycles. The van der Waals surface area contributed by atoms with Gasteiger partial charge in [-0.1, -0.05) is 19.3 Å². The van der Waals surface area contributed by atoms with Gasteiger partial charge in [0.05, 0.1) is 24.0 Å². The molecule has 0 aromatic carbocycles. The number of cyclic esters (lactones) is 2. The molecule has 6 nitrogen and oxygen atoms in total. The second-order valence-corrected chi connectivity index (χ2v) is 4.83. The van der Waals surface area contributed by atoms with Crippen LogP contribution >= 0.6 is 0 Å². The third-order valence-electron chi connectivity index (χ3n) is 3.15. The van der Waals surface area contributed by atoms with Crippen LogP contribution in [0.3, 0.4) is 0 Å². The van der Waals surface area contributed by atoms with Gasteiger partial charge in [0.15, 0.2) is 0 Å². The molecule has 6 heteroatoms. The number of esters is 2. The molecule has 0 radical (unpaired) electrons. The number of carbonyl (C=O) groups excluding carboxylic acids is 2. The molecule has 0 amide bonds. The molecule has 0 aromatic rings. The van der Waals surface area contributed by atoms with E-state index in [1.807, 2.05) is 0 Å². The first-order chi connectivity index (χ1) is 9.65. The van der Waals surface area contributed by atoms with Crippen molar-refractivity contribution >= 4 is 11.9 Å². The zero-order valence-electron chi connectivity index (χ0n) is 11.3. The molecule has 1 saturated heterocycles. The summed E-state index contributed by atoms with van der Waals surface area (Å²) in [4.78, 5) is 22.8. The third kappa shape index (κ3) is 6.19. The fraction of sp³-hybridized carbons (Fsp3) is 0.714. The topological polar surface area (TPSA) is 100 Å². The maximum atomic E-state index is 11.4. The summed E-state index contributed by atoms with van der Waals surface area (Å²) in [6.45, 7) is 0.0346. The Bertz CT molecular complexity index is 384. The third-order valence-corrected chi connectivity index (χ3v) is 3.15. The van der Waals surface area contributed by atoms with E-state index in [1.54, 1.807) is 0 Å². The Hall–Kier alpha value is -2.08. The Kier molecular flexibility index (Phi) is 7.13. The minimum atomic E-state index is -0.694. The summed E-state index contributed by atoms with van der Waals surface area (Å²) in [5.74, 6) is -2.07. The molecule has 0 aliphatic carbocycles. The van der Waals surface area contributed by atoms with E-state index in [-0.39, 0.29) is 25.0 Å². The highest BCUT2D eigenvalue weighted by Crippen LogP contribution is 2.15. The molecule has 2 atom stereocenters. The van der Waals surface area contributed by atoms with Crippen molar-refractivity contribution in [2.75, 3.05) is 13.2 Å². The lowest BCUT2D eigenvalue weighted by atomic mass is 9.99. The maximum Gasteiger partial charge on any atom is 0.317 e. The fourth-order valence-corrected chi connectivity index (χ4v) is 1.94. The Labute approximate surface area is 118 Å². The second kappa shape index (κ2) is 8.92. The van der Waals surface area contributed by atoms with Crippen LogP contribution in [0.1, 0.15) is 38.5 Å². The van der Waals surface area contributed by atoms with Crippen LogP contribution in [0.5, 0.6) is 0 Å². The molecular weight excluding hydrogens is 260 g/mol. The molecule has 1 rings (SSSR count). The molecule has 1 fully saturated rings. The van der Waals surface area contributed by atoms with Crippen molar-refractivity contribution in [3.05, 3.63) is 0 Å². The van der Waals surface area contributed by atoms with E-state index < -0.39 is 18.4 Å². The van der Waals surface area contributed by atoms with E-state index in [1.165, 1.54) is 0 Å². The molecule has 1 aliphatic heterocycles. The molecule has 0 bridgehead atoms. The largest absolute Gasteiger partial charge is 0.464 e. The highest BCUT2D eigenvalue weighted by atomic mass is 16.6. The van der Waals surface area contributed by atoms with Crippen molar-refractivity contribution in [2.45, 2.75) is 38.5 Å². The van der Waals surface area contributed by atoms with Gasteiger partial charge in [0.25, 0.3) is 0 Å². The summed E-state index contributed by atoms with van der Waals surface area (Å²) >= 11 is 0. The number of nitrogens with zero attached hydrogens (tertiary/aromatic N) is 2. The lowest BCUT2D eigenvalue weighted by Gasteiger charge is -2.13. The molecule has 1 aliphatic rings. The van der Waals surface area contributed by atoms with Crippen LogP contribution in [0, 0.1) is 34.5 Å². The molecule has 20 heavy (non-hydrogen) atoms. The molecule has 0 spiro atoms. The van der Waals surface area contributed by atoms with E-state index in [0.717, 1.165) is 19.3 Å². The molecule has 0 N–H and O–H groups in total. The van der Waals surface area contributed by atoms with E-state index in [4.69, 9.17) is 20.0 Å². The van der Waals surface area contributed by atoms with Crippen molar-refractivity contribution in [3.8, 4) is 12.1 Å². The van der Waals surface area contributed by atoms with Crippen molar-refractivity contribution < 1.29 is 19.1 Å². The Morgan fingerprint density at radius 1 is 0.850 bits per heavy atom. The first kappa shape index (κ1) is 16.0. The number of rotatable bonds is 0. The number of carbonyl (C=O) groups is 2. The average molecular weight is 278 g/mol. The first-order valence-electron chi connectivity index (χ1n) is 6.76. The van der Waals surface area contributed by atoms with Crippen LogP contribution in [0.4, 0.5) is 0 Å². The van der Waals surface area contributed by atoms with Crippen LogP contribution in [-0.2, 0) is 19.1 Å². The molecule has 2 unspecified atom stereocenters. The minimum Gasteiger partial charge on any atom is -0.464 e. The van der Waals surface area contributed by atoms with Gasteiger partial charge in [-0.3, -0.25) is 9.59 Å². The van der Waals surface area contributed by atoms with Gasteiger partial charge < -0.3 is 9.47 Å². The summed E-state index contributed by atoms with van der Waals surface area (Å²) in [7, 11) is 0. The van der Waals surface area contributed by atoms with Crippen LogP contribution in [0.25, 0.3) is 0 Å². The summed E-state index contributed by atoms with van der Waals surface area (Å²) in [5.41, 5.74) is 0. The standard InChI is InChI=1S/C14H18N2O4/c15-7-11-4-2-1-3-5-12(8-16)10-20-14(18)6-13(17)19-9-11/h11-12H,1-6,9-10H2. The molecule has 1 heterocycles. The van der Waals surface area contributed by atoms with Gasteiger partial charge >= 0.3 is 11.9 Å². The van der Waals surface area contributed by atoms with Crippen molar-refractivity contribution in [2.24, 2.45) is 11.8 Å². The van der Waals surface area contributed by atoms with Crippen LogP contribution in [-0.4, -0.2) is 25.2 Å². The highest BCUT2D eigenvalue weighted by Gasteiger charge is 2.18. The summed E-state index contributed by atoms with van der Waals surface area (Å²) in [6, 6.07) is 4.18. The lowest BCUT2D eigenvalue weighted by Crippen LogP contribution is -2.20. The Morgan fingerprint density at radius 2 is 1.30 bits per heavy atom. The van der Waals surface area contributed by atoms with E-state index in [2.05, 4.69) is 12.1 Å². The number of nitriles is 2.